The number of rotatable bonds is 3. The Kier molecular flexibility index (Phi) is 3.69. The van der Waals surface area contributed by atoms with Crippen LogP contribution in [0.5, 0.6) is 5.75 Å². The van der Waals surface area contributed by atoms with Gasteiger partial charge in [-0.2, -0.15) is 0 Å². The molecule has 2 rings (SSSR count). The van der Waals surface area contributed by atoms with Crippen LogP contribution in [0.1, 0.15) is 19.4 Å². The fraction of sp³-hybridized carbons (Fsp3) is 0.571. The maximum absolute atomic E-state index is 9.28. The Balaban J connectivity index is 2.02. The molecule has 1 aromatic rings. The lowest BCUT2D eigenvalue weighted by molar-refractivity contribution is -0.00984. The highest BCUT2D eigenvalue weighted by Crippen LogP contribution is 2.22. The standard InChI is InChI=1S/C14H21NO2/c1-14(2,15-7-9-17-10-8-15)11-12-3-5-13(16)6-4-12/h3-6,16H,7-11H2,1-2H3. The van der Waals surface area contributed by atoms with E-state index < -0.39 is 0 Å². The molecule has 1 fully saturated rings. The molecule has 0 radical (unpaired) electrons. The molecule has 1 heterocycles. The van der Waals surface area contributed by atoms with Crippen molar-refractivity contribution in [1.82, 2.24) is 4.90 Å². The summed E-state index contributed by atoms with van der Waals surface area (Å²) >= 11 is 0. The number of benzene rings is 1. The van der Waals surface area contributed by atoms with E-state index in [-0.39, 0.29) is 5.54 Å². The lowest BCUT2D eigenvalue weighted by atomic mass is 9.92. The largest absolute Gasteiger partial charge is 0.508 e. The first-order valence-corrected chi connectivity index (χ1v) is 6.19. The number of nitrogens with zero attached hydrogens (tertiary/aromatic N) is 1. The summed E-state index contributed by atoms with van der Waals surface area (Å²) in [6.45, 7) is 8.21. The molecule has 0 atom stereocenters. The molecule has 17 heavy (non-hydrogen) atoms. The highest BCUT2D eigenvalue weighted by molar-refractivity contribution is 5.27. The second-order valence-corrected chi connectivity index (χ2v) is 5.26. The van der Waals surface area contributed by atoms with E-state index >= 15 is 0 Å². The Morgan fingerprint density at radius 1 is 1.18 bits per heavy atom. The van der Waals surface area contributed by atoms with E-state index in [1.54, 1.807) is 12.1 Å². The minimum Gasteiger partial charge on any atom is -0.508 e. The number of morpholine rings is 1. The van der Waals surface area contributed by atoms with Crippen LogP contribution in [0.15, 0.2) is 24.3 Å². The van der Waals surface area contributed by atoms with Gasteiger partial charge < -0.3 is 9.84 Å². The molecule has 1 N–H and O–H groups in total. The van der Waals surface area contributed by atoms with Gasteiger partial charge in [-0.3, -0.25) is 4.90 Å². The summed E-state index contributed by atoms with van der Waals surface area (Å²) in [5.74, 6) is 0.331. The quantitative estimate of drug-likeness (QED) is 0.870. The molecular weight excluding hydrogens is 214 g/mol. The third kappa shape index (κ3) is 3.20. The van der Waals surface area contributed by atoms with Crippen molar-refractivity contribution < 1.29 is 9.84 Å². The maximum Gasteiger partial charge on any atom is 0.115 e. The highest BCUT2D eigenvalue weighted by Gasteiger charge is 2.28. The highest BCUT2D eigenvalue weighted by atomic mass is 16.5. The van der Waals surface area contributed by atoms with E-state index in [1.807, 2.05) is 12.1 Å². The van der Waals surface area contributed by atoms with Crippen molar-refractivity contribution in [1.29, 1.82) is 0 Å². The molecule has 0 unspecified atom stereocenters. The van der Waals surface area contributed by atoms with Gasteiger partial charge in [0.25, 0.3) is 0 Å². The molecule has 0 spiro atoms. The van der Waals surface area contributed by atoms with E-state index in [2.05, 4.69) is 18.7 Å². The predicted octanol–water partition coefficient (Wildman–Crippen LogP) is 2.05. The number of hydrogen-bond acceptors (Lipinski definition) is 3. The van der Waals surface area contributed by atoms with E-state index in [0.29, 0.717) is 5.75 Å². The number of phenols is 1. The summed E-state index contributed by atoms with van der Waals surface area (Å²) < 4.78 is 5.39. The van der Waals surface area contributed by atoms with E-state index in [0.717, 1.165) is 32.7 Å². The summed E-state index contributed by atoms with van der Waals surface area (Å²) in [4.78, 5) is 2.48. The maximum atomic E-state index is 9.28. The lowest BCUT2D eigenvalue weighted by Gasteiger charge is -2.41. The van der Waals surface area contributed by atoms with Gasteiger partial charge >= 0.3 is 0 Å². The van der Waals surface area contributed by atoms with Crippen molar-refractivity contribution in [2.75, 3.05) is 26.3 Å². The van der Waals surface area contributed by atoms with Crippen LogP contribution in [0.25, 0.3) is 0 Å². The van der Waals surface area contributed by atoms with Gasteiger partial charge in [-0.15, -0.1) is 0 Å². The fourth-order valence-electron chi connectivity index (χ4n) is 2.39. The van der Waals surface area contributed by atoms with Crippen LogP contribution in [0.2, 0.25) is 0 Å². The first kappa shape index (κ1) is 12.4. The average Bonchev–Trinajstić information content (AvgIpc) is 2.33. The van der Waals surface area contributed by atoms with Gasteiger partial charge in [-0.05, 0) is 38.0 Å². The molecule has 0 aliphatic carbocycles. The Morgan fingerprint density at radius 3 is 2.35 bits per heavy atom. The lowest BCUT2D eigenvalue weighted by Crippen LogP contribution is -2.51. The van der Waals surface area contributed by atoms with Crippen LogP contribution in [0.3, 0.4) is 0 Å². The first-order valence-electron chi connectivity index (χ1n) is 6.19. The summed E-state index contributed by atoms with van der Waals surface area (Å²) in [6.07, 6.45) is 0.993. The third-order valence-electron chi connectivity index (χ3n) is 3.44. The summed E-state index contributed by atoms with van der Waals surface area (Å²) in [5, 5.41) is 9.28. The Morgan fingerprint density at radius 2 is 1.76 bits per heavy atom. The van der Waals surface area contributed by atoms with E-state index in [4.69, 9.17) is 4.74 Å². The molecule has 0 bridgehead atoms. The van der Waals surface area contributed by atoms with E-state index in [9.17, 15) is 5.11 Å². The van der Waals surface area contributed by atoms with Crippen molar-refractivity contribution >= 4 is 0 Å². The van der Waals surface area contributed by atoms with Crippen LogP contribution in [-0.4, -0.2) is 41.8 Å². The van der Waals surface area contributed by atoms with Crippen LogP contribution >= 0.6 is 0 Å². The first-order chi connectivity index (χ1) is 8.08. The summed E-state index contributed by atoms with van der Waals surface area (Å²) in [6, 6.07) is 7.50. The summed E-state index contributed by atoms with van der Waals surface area (Å²) in [5.41, 5.74) is 1.40. The molecule has 0 amide bonds. The van der Waals surface area contributed by atoms with Crippen LogP contribution < -0.4 is 0 Å². The van der Waals surface area contributed by atoms with Gasteiger partial charge in [-0.1, -0.05) is 12.1 Å². The van der Waals surface area contributed by atoms with E-state index in [1.165, 1.54) is 5.56 Å². The normalized spacial score (nSPS) is 18.2. The van der Waals surface area contributed by atoms with Gasteiger partial charge in [0.15, 0.2) is 0 Å². The number of ether oxygens (including phenoxy) is 1. The molecule has 1 aromatic carbocycles. The molecule has 94 valence electrons. The van der Waals surface area contributed by atoms with Gasteiger partial charge in [-0.25, -0.2) is 0 Å². The van der Waals surface area contributed by atoms with Crippen LogP contribution in [0, 0.1) is 0 Å². The Hall–Kier alpha value is -1.06. The SMILES string of the molecule is CC(C)(Cc1ccc(O)cc1)N1CCOCC1. The van der Waals surface area contributed by atoms with Crippen molar-refractivity contribution in [3.8, 4) is 5.75 Å². The van der Waals surface area contributed by atoms with Crippen molar-refractivity contribution in [3.63, 3.8) is 0 Å². The molecule has 1 aliphatic heterocycles. The molecule has 3 heteroatoms. The molecule has 0 aromatic heterocycles. The van der Waals surface area contributed by atoms with Gasteiger partial charge in [0.1, 0.15) is 5.75 Å². The average molecular weight is 235 g/mol. The minimum atomic E-state index is 0.140. The van der Waals surface area contributed by atoms with Crippen LogP contribution in [0.4, 0.5) is 0 Å². The zero-order valence-corrected chi connectivity index (χ0v) is 10.6. The molecule has 3 nitrogen and oxygen atoms in total. The van der Waals surface area contributed by atoms with Crippen molar-refractivity contribution in [2.45, 2.75) is 25.8 Å². The monoisotopic (exact) mass is 235 g/mol. The zero-order valence-electron chi connectivity index (χ0n) is 10.6. The second kappa shape index (κ2) is 5.07. The second-order valence-electron chi connectivity index (χ2n) is 5.26. The number of aromatic hydroxyl groups is 1. The molecule has 0 saturated carbocycles. The summed E-state index contributed by atoms with van der Waals surface area (Å²) in [7, 11) is 0. The zero-order chi connectivity index (χ0) is 12.3. The molecule has 1 aliphatic rings. The van der Waals surface area contributed by atoms with Gasteiger partial charge in [0.05, 0.1) is 13.2 Å². The van der Waals surface area contributed by atoms with Crippen LogP contribution in [-0.2, 0) is 11.2 Å². The smallest absolute Gasteiger partial charge is 0.115 e. The van der Waals surface area contributed by atoms with Gasteiger partial charge in [0, 0.05) is 18.6 Å². The number of phenolic OH excluding ortho intramolecular Hbond substituents is 1. The van der Waals surface area contributed by atoms with Crippen molar-refractivity contribution in [2.24, 2.45) is 0 Å². The molecular formula is C14H21NO2. The minimum absolute atomic E-state index is 0.140. The molecule has 1 saturated heterocycles. The third-order valence-corrected chi connectivity index (χ3v) is 3.44. The number of hydrogen-bond donors (Lipinski definition) is 1. The van der Waals surface area contributed by atoms with Crippen molar-refractivity contribution in [3.05, 3.63) is 29.8 Å². The fourth-order valence-corrected chi connectivity index (χ4v) is 2.39. The Bertz CT molecular complexity index is 353. The predicted molar refractivity (Wildman–Crippen MR) is 68.3 cm³/mol. The topological polar surface area (TPSA) is 32.7 Å². The Labute approximate surface area is 103 Å². The van der Waals surface area contributed by atoms with Gasteiger partial charge in [0.2, 0.25) is 0 Å².